The lowest BCUT2D eigenvalue weighted by Gasteiger charge is -2.39. The van der Waals surface area contributed by atoms with Gasteiger partial charge < -0.3 is 19.8 Å². The number of benzene rings is 1. The molecular weight excluding hydrogens is 522 g/mol. The summed E-state index contributed by atoms with van der Waals surface area (Å²) in [4.78, 5) is 48.3. The molecule has 2 unspecified atom stereocenters. The van der Waals surface area contributed by atoms with Gasteiger partial charge in [0.1, 0.15) is 6.04 Å². The van der Waals surface area contributed by atoms with Gasteiger partial charge in [0, 0.05) is 31.4 Å². The van der Waals surface area contributed by atoms with Crippen LogP contribution in [-0.2, 0) is 20.9 Å². The number of hydrogen-bond acceptors (Lipinski definition) is 5. The fraction of sp³-hybridized carbons (Fsp3) is 0.594. The van der Waals surface area contributed by atoms with Crippen molar-refractivity contribution in [3.05, 3.63) is 61.2 Å². The van der Waals surface area contributed by atoms with Crippen molar-refractivity contribution in [3.8, 4) is 0 Å². The van der Waals surface area contributed by atoms with Crippen LogP contribution in [0.5, 0.6) is 0 Å². The molecule has 0 aromatic heterocycles. The molecule has 1 N–H and O–H groups in total. The third-order valence-electron chi connectivity index (χ3n) is 8.90. The smallest absolute Gasteiger partial charge is 0.247 e. The zero-order valence-corrected chi connectivity index (χ0v) is 24.9. The maximum atomic E-state index is 14.4. The highest BCUT2D eigenvalue weighted by atomic mass is 32.2. The lowest BCUT2D eigenvalue weighted by atomic mass is 9.70. The van der Waals surface area contributed by atoms with E-state index in [9.17, 15) is 19.5 Å². The minimum absolute atomic E-state index is 0.0101. The molecule has 7 nitrogen and oxygen atoms in total. The van der Waals surface area contributed by atoms with Crippen LogP contribution in [-0.4, -0.2) is 85.8 Å². The van der Waals surface area contributed by atoms with Crippen LogP contribution in [0.3, 0.4) is 0 Å². The molecule has 0 aliphatic carbocycles. The van der Waals surface area contributed by atoms with Gasteiger partial charge in [0.05, 0.1) is 29.2 Å². The quantitative estimate of drug-likeness (QED) is 0.253. The molecule has 8 heteroatoms. The molecule has 6 atom stereocenters. The van der Waals surface area contributed by atoms with E-state index in [0.717, 1.165) is 31.2 Å². The van der Waals surface area contributed by atoms with E-state index >= 15 is 0 Å². The van der Waals surface area contributed by atoms with Crippen molar-refractivity contribution in [1.82, 2.24) is 14.7 Å². The number of amides is 3. The number of hydrogen-bond donors (Lipinski definition) is 1. The molecule has 0 saturated carbocycles. The van der Waals surface area contributed by atoms with Crippen molar-refractivity contribution in [2.45, 2.75) is 81.0 Å². The van der Waals surface area contributed by atoms with Gasteiger partial charge in [-0.1, -0.05) is 69.2 Å². The first-order chi connectivity index (χ1) is 19.4. The van der Waals surface area contributed by atoms with E-state index in [-0.39, 0.29) is 29.6 Å². The average Bonchev–Trinajstić information content (AvgIpc) is 3.61. The van der Waals surface area contributed by atoms with E-state index < -0.39 is 28.7 Å². The second-order valence-corrected chi connectivity index (χ2v) is 12.9. The summed E-state index contributed by atoms with van der Waals surface area (Å²) >= 11 is 1.68. The van der Waals surface area contributed by atoms with Crippen molar-refractivity contribution in [1.29, 1.82) is 0 Å². The molecule has 2 bridgehead atoms. The number of carbonyl (C=O) groups excluding carboxylic acids is 3. The molecule has 0 radical (unpaired) electrons. The number of fused-ring (bicyclic) bond motifs is 1. The highest BCUT2D eigenvalue weighted by Crippen LogP contribution is 2.67. The van der Waals surface area contributed by atoms with Gasteiger partial charge in [0.2, 0.25) is 17.7 Å². The highest BCUT2D eigenvalue weighted by molar-refractivity contribution is 8.02. The monoisotopic (exact) mass is 567 g/mol. The Morgan fingerprint density at radius 1 is 1.12 bits per heavy atom. The van der Waals surface area contributed by atoms with Gasteiger partial charge in [0.25, 0.3) is 0 Å². The van der Waals surface area contributed by atoms with Gasteiger partial charge >= 0.3 is 0 Å². The van der Waals surface area contributed by atoms with Gasteiger partial charge in [-0.15, -0.1) is 24.9 Å². The normalized spacial score (nSPS) is 27.4. The van der Waals surface area contributed by atoms with Crippen LogP contribution in [0.4, 0.5) is 0 Å². The number of carbonyl (C=O) groups is 3. The lowest BCUT2D eigenvalue weighted by molar-refractivity contribution is -0.147. The average molecular weight is 568 g/mol. The summed E-state index contributed by atoms with van der Waals surface area (Å²) in [6.07, 6.45) is 8.47. The Bertz CT molecular complexity index is 1080. The van der Waals surface area contributed by atoms with Crippen LogP contribution in [0, 0.1) is 11.8 Å². The van der Waals surface area contributed by atoms with Gasteiger partial charge in [-0.05, 0) is 31.2 Å². The summed E-state index contributed by atoms with van der Waals surface area (Å²) in [6.45, 7) is 13.5. The molecule has 3 fully saturated rings. The van der Waals surface area contributed by atoms with Gasteiger partial charge in [0.15, 0.2) is 0 Å². The third kappa shape index (κ3) is 5.49. The molecule has 3 saturated heterocycles. The van der Waals surface area contributed by atoms with E-state index in [1.165, 1.54) is 0 Å². The zero-order chi connectivity index (χ0) is 28.9. The largest absolute Gasteiger partial charge is 0.394 e. The number of likely N-dealkylation sites (tertiary alicyclic amines) is 1. The maximum Gasteiger partial charge on any atom is 0.247 e. The SMILES string of the molecule is C=CCN(CCCCC)C(=O)C1N([C@@H](CC)CO)C(=O)[C@@H]2[C@H](C(=O)N(CC=C)Cc3ccccc3)[C@@H]3CCC12S3. The third-order valence-corrected chi connectivity index (χ3v) is 10.9. The van der Waals surface area contributed by atoms with E-state index in [0.29, 0.717) is 39.0 Å². The van der Waals surface area contributed by atoms with Crippen LogP contribution in [0.25, 0.3) is 0 Å². The van der Waals surface area contributed by atoms with Crippen LogP contribution in [0.15, 0.2) is 55.6 Å². The number of rotatable bonds is 15. The summed E-state index contributed by atoms with van der Waals surface area (Å²) in [7, 11) is 0. The summed E-state index contributed by atoms with van der Waals surface area (Å²) in [5, 5.41) is 10.3. The van der Waals surface area contributed by atoms with Gasteiger partial charge in [-0.25, -0.2) is 0 Å². The topological polar surface area (TPSA) is 81.2 Å². The van der Waals surface area contributed by atoms with Crippen molar-refractivity contribution >= 4 is 29.5 Å². The molecule has 1 spiro atoms. The summed E-state index contributed by atoms with van der Waals surface area (Å²) in [5.74, 6) is -1.36. The van der Waals surface area contributed by atoms with E-state index in [4.69, 9.17) is 0 Å². The standard InChI is InChI=1S/C32H45N3O4S/c1-5-9-13-20-33(18-6-2)31(39)28-32-17-16-25(40-32)26(27(32)30(38)35(28)24(8-4)22-36)29(37)34(19-7-3)21-23-14-11-10-12-15-23/h6-7,10-12,14-15,24-28,36H,2-3,5,8-9,13,16-22H2,1,4H3/t24-,25-,26+,27-,28?,32?/m0/s1. The molecule has 1 aromatic carbocycles. The summed E-state index contributed by atoms with van der Waals surface area (Å²) in [6, 6.07) is 8.70. The van der Waals surface area contributed by atoms with Crippen molar-refractivity contribution in [3.63, 3.8) is 0 Å². The fourth-order valence-corrected chi connectivity index (χ4v) is 9.23. The molecule has 4 rings (SSSR count). The Kier molecular flexibility index (Phi) is 10.2. The minimum atomic E-state index is -0.696. The number of nitrogens with zero attached hydrogens (tertiary/aromatic N) is 3. The van der Waals surface area contributed by atoms with E-state index in [2.05, 4.69) is 20.1 Å². The number of aliphatic hydroxyl groups is 1. The highest BCUT2D eigenvalue weighted by Gasteiger charge is 2.74. The van der Waals surface area contributed by atoms with Crippen molar-refractivity contribution in [2.75, 3.05) is 26.2 Å². The Morgan fingerprint density at radius 3 is 2.45 bits per heavy atom. The predicted octanol–water partition coefficient (Wildman–Crippen LogP) is 4.27. The molecule has 3 aliphatic heterocycles. The predicted molar refractivity (Wildman–Crippen MR) is 160 cm³/mol. The van der Waals surface area contributed by atoms with E-state index in [1.54, 1.807) is 33.7 Å². The first-order valence-corrected chi connectivity index (χ1v) is 15.7. The molecule has 40 heavy (non-hydrogen) atoms. The molecule has 3 heterocycles. The molecule has 1 aromatic rings. The molecule has 218 valence electrons. The Balaban J connectivity index is 1.71. The fourth-order valence-electron chi connectivity index (χ4n) is 7.03. The molecule has 3 aliphatic rings. The first kappa shape index (κ1) is 30.4. The molecule has 3 amide bonds. The number of unbranched alkanes of at least 4 members (excludes halogenated alkanes) is 2. The second kappa shape index (κ2) is 13.4. The van der Waals surface area contributed by atoms with Crippen LogP contribution in [0.2, 0.25) is 0 Å². The lowest BCUT2D eigenvalue weighted by Crippen LogP contribution is -2.57. The van der Waals surface area contributed by atoms with Crippen LogP contribution in [0.1, 0.15) is 57.9 Å². The van der Waals surface area contributed by atoms with E-state index in [1.807, 2.05) is 42.2 Å². The number of thioether (sulfide) groups is 1. The Morgan fingerprint density at radius 2 is 1.82 bits per heavy atom. The Labute approximate surface area is 243 Å². The second-order valence-electron chi connectivity index (χ2n) is 11.3. The Hall–Kier alpha value is -2.58. The van der Waals surface area contributed by atoms with Crippen molar-refractivity contribution < 1.29 is 19.5 Å². The summed E-state index contributed by atoms with van der Waals surface area (Å²) in [5.41, 5.74) is 1.02. The van der Waals surface area contributed by atoms with Gasteiger partial charge in [-0.3, -0.25) is 14.4 Å². The van der Waals surface area contributed by atoms with Crippen molar-refractivity contribution in [2.24, 2.45) is 11.8 Å². The van der Waals surface area contributed by atoms with Crippen LogP contribution >= 0.6 is 11.8 Å². The zero-order valence-electron chi connectivity index (χ0n) is 24.0. The minimum Gasteiger partial charge on any atom is -0.394 e. The van der Waals surface area contributed by atoms with Gasteiger partial charge in [-0.2, -0.15) is 0 Å². The maximum absolute atomic E-state index is 14.4. The number of aliphatic hydroxyl groups excluding tert-OH is 1. The molecular formula is C32H45N3O4S. The first-order valence-electron chi connectivity index (χ1n) is 14.8. The van der Waals surface area contributed by atoms with Crippen LogP contribution < -0.4 is 0 Å². The summed E-state index contributed by atoms with van der Waals surface area (Å²) < 4.78 is -0.668.